The van der Waals surface area contributed by atoms with Crippen molar-refractivity contribution in [1.82, 2.24) is 15.5 Å². The van der Waals surface area contributed by atoms with Crippen LogP contribution in [0.15, 0.2) is 55.1 Å². The quantitative estimate of drug-likeness (QED) is 0.294. The van der Waals surface area contributed by atoms with Crippen molar-refractivity contribution in [1.29, 1.82) is 0 Å². The maximum absolute atomic E-state index is 14.3. The highest BCUT2D eigenvalue weighted by Crippen LogP contribution is 2.26. The molecule has 0 bridgehead atoms. The van der Waals surface area contributed by atoms with Gasteiger partial charge >= 0.3 is 6.09 Å². The highest BCUT2D eigenvalue weighted by atomic mass is 16.6. The zero-order valence-electron chi connectivity index (χ0n) is 24.7. The van der Waals surface area contributed by atoms with E-state index in [-0.39, 0.29) is 24.1 Å². The van der Waals surface area contributed by atoms with E-state index in [0.29, 0.717) is 18.5 Å². The molecule has 3 amide bonds. The molecule has 218 valence electrons. The number of phenols is 1. The van der Waals surface area contributed by atoms with Crippen LogP contribution in [0.5, 0.6) is 5.75 Å². The minimum Gasteiger partial charge on any atom is -0.508 e. The Kier molecular flexibility index (Phi) is 12.2. The normalized spacial score (nSPS) is 13.4. The number of ether oxygens (including phenoxy) is 1. The first-order valence-electron chi connectivity index (χ1n) is 14.0. The van der Waals surface area contributed by atoms with E-state index >= 15 is 0 Å². The number of rotatable bonds is 13. The second-order valence-corrected chi connectivity index (χ2v) is 11.1. The molecule has 0 saturated heterocycles. The van der Waals surface area contributed by atoms with Gasteiger partial charge in [-0.3, -0.25) is 9.59 Å². The van der Waals surface area contributed by atoms with Gasteiger partial charge in [0, 0.05) is 19.0 Å². The molecule has 8 heteroatoms. The predicted molar refractivity (Wildman–Crippen MR) is 159 cm³/mol. The smallest absolute Gasteiger partial charge is 0.408 e. The Morgan fingerprint density at radius 3 is 2.30 bits per heavy atom. The van der Waals surface area contributed by atoms with Gasteiger partial charge in [-0.25, -0.2) is 4.79 Å². The van der Waals surface area contributed by atoms with Crippen molar-refractivity contribution in [3.8, 4) is 5.75 Å². The number of hydrogen-bond acceptors (Lipinski definition) is 5. The van der Waals surface area contributed by atoms with Crippen molar-refractivity contribution in [3.63, 3.8) is 0 Å². The van der Waals surface area contributed by atoms with Crippen LogP contribution in [0.3, 0.4) is 0 Å². The van der Waals surface area contributed by atoms with Gasteiger partial charge in [0.25, 0.3) is 0 Å². The SMILES string of the molecule is C=Cc1cccc(C(C(=O)NC(C)CCC)N(CCC)C(=O)C(Cc2ccc(O)cc2)NC(=O)OC(C)(C)C)c1. The van der Waals surface area contributed by atoms with E-state index in [9.17, 15) is 19.5 Å². The second kappa shape index (κ2) is 15.1. The summed E-state index contributed by atoms with van der Waals surface area (Å²) in [5, 5.41) is 15.5. The summed E-state index contributed by atoms with van der Waals surface area (Å²) in [6.45, 7) is 15.3. The van der Waals surface area contributed by atoms with Gasteiger partial charge in [0.05, 0.1) is 0 Å². The van der Waals surface area contributed by atoms with Crippen LogP contribution in [-0.2, 0) is 20.7 Å². The van der Waals surface area contributed by atoms with Crippen molar-refractivity contribution >= 4 is 24.0 Å². The van der Waals surface area contributed by atoms with Crippen LogP contribution in [0, 0.1) is 0 Å². The number of carbonyl (C=O) groups is 3. The first-order valence-corrected chi connectivity index (χ1v) is 14.0. The summed E-state index contributed by atoms with van der Waals surface area (Å²) in [6.07, 6.45) is 3.42. The lowest BCUT2D eigenvalue weighted by molar-refractivity contribution is -0.142. The summed E-state index contributed by atoms with van der Waals surface area (Å²) in [7, 11) is 0. The molecular formula is C32H45N3O5. The zero-order chi connectivity index (χ0) is 29.9. The number of nitrogens with one attached hydrogen (secondary N) is 2. The number of amides is 3. The molecule has 0 saturated carbocycles. The predicted octanol–water partition coefficient (Wildman–Crippen LogP) is 5.76. The Morgan fingerprint density at radius 1 is 1.05 bits per heavy atom. The summed E-state index contributed by atoms with van der Waals surface area (Å²) in [6, 6.07) is 11.8. The summed E-state index contributed by atoms with van der Waals surface area (Å²) in [5.41, 5.74) is 1.45. The van der Waals surface area contributed by atoms with Gasteiger partial charge in [0.1, 0.15) is 23.4 Å². The average molecular weight is 552 g/mol. The highest BCUT2D eigenvalue weighted by molar-refractivity contribution is 5.92. The fourth-order valence-corrected chi connectivity index (χ4v) is 4.48. The van der Waals surface area contributed by atoms with Crippen LogP contribution in [0.25, 0.3) is 6.08 Å². The van der Waals surface area contributed by atoms with Gasteiger partial charge in [-0.15, -0.1) is 0 Å². The molecule has 2 aromatic rings. The molecule has 2 aromatic carbocycles. The number of phenolic OH excluding ortho intramolecular Hbond substituents is 1. The summed E-state index contributed by atoms with van der Waals surface area (Å²) in [5.74, 6) is -0.600. The monoisotopic (exact) mass is 551 g/mol. The van der Waals surface area contributed by atoms with Crippen molar-refractivity contribution in [2.45, 2.75) is 91.0 Å². The molecule has 0 aliphatic rings. The van der Waals surface area contributed by atoms with E-state index in [0.717, 1.165) is 24.0 Å². The van der Waals surface area contributed by atoms with Gasteiger partial charge in [-0.05, 0) is 75.4 Å². The van der Waals surface area contributed by atoms with Crippen molar-refractivity contribution in [2.24, 2.45) is 0 Å². The minimum absolute atomic E-state index is 0.0751. The average Bonchev–Trinajstić information content (AvgIpc) is 2.88. The molecule has 0 spiro atoms. The first-order chi connectivity index (χ1) is 18.9. The number of aromatic hydroxyl groups is 1. The fraction of sp³-hybridized carbons (Fsp3) is 0.469. The van der Waals surface area contributed by atoms with Crippen molar-refractivity contribution in [2.75, 3.05) is 6.54 Å². The maximum atomic E-state index is 14.3. The molecule has 0 aromatic heterocycles. The van der Waals surface area contributed by atoms with Crippen LogP contribution in [-0.4, -0.2) is 52.1 Å². The van der Waals surface area contributed by atoms with Gasteiger partial charge in [0.15, 0.2) is 0 Å². The fourth-order valence-electron chi connectivity index (χ4n) is 4.48. The van der Waals surface area contributed by atoms with Crippen LogP contribution in [0.2, 0.25) is 0 Å². The van der Waals surface area contributed by atoms with Crippen LogP contribution in [0.4, 0.5) is 4.79 Å². The number of carbonyl (C=O) groups excluding carboxylic acids is 3. The standard InChI is InChI=1S/C32H45N3O5/c1-8-12-22(4)33-29(37)28(25-14-11-13-23(10-3)20-25)35(19-9-2)30(38)27(34-31(39)40-32(5,6)7)21-24-15-17-26(36)18-16-24/h10-11,13-18,20,22,27-28,36H,3,8-9,12,19,21H2,1-2,4-7H3,(H,33,37)(H,34,39). The van der Waals surface area contributed by atoms with Crippen molar-refractivity contribution < 1.29 is 24.2 Å². The molecule has 2 rings (SSSR count). The first kappa shape index (κ1) is 32.4. The van der Waals surface area contributed by atoms with E-state index in [2.05, 4.69) is 24.1 Å². The molecule has 0 aliphatic carbocycles. The van der Waals surface area contributed by atoms with Gasteiger partial charge in [-0.2, -0.15) is 0 Å². The van der Waals surface area contributed by atoms with E-state index in [1.807, 2.05) is 38.1 Å². The molecule has 3 unspecified atom stereocenters. The van der Waals surface area contributed by atoms with Crippen LogP contribution in [0.1, 0.15) is 83.5 Å². The number of nitrogens with zero attached hydrogens (tertiary/aromatic N) is 1. The third-order valence-electron chi connectivity index (χ3n) is 6.25. The van der Waals surface area contributed by atoms with Gasteiger partial charge < -0.3 is 25.4 Å². The summed E-state index contributed by atoms with van der Waals surface area (Å²) < 4.78 is 5.47. The Hall–Kier alpha value is -3.81. The zero-order valence-corrected chi connectivity index (χ0v) is 24.7. The number of hydrogen-bond donors (Lipinski definition) is 3. The van der Waals surface area contributed by atoms with Gasteiger partial charge in [-0.1, -0.05) is 63.3 Å². The highest BCUT2D eigenvalue weighted by Gasteiger charge is 2.36. The lowest BCUT2D eigenvalue weighted by Gasteiger charge is -2.35. The molecule has 0 aliphatic heterocycles. The molecule has 3 atom stereocenters. The molecule has 40 heavy (non-hydrogen) atoms. The number of benzene rings is 2. The maximum Gasteiger partial charge on any atom is 0.408 e. The minimum atomic E-state index is -1.02. The lowest BCUT2D eigenvalue weighted by atomic mass is 9.98. The Balaban J connectivity index is 2.55. The third-order valence-corrected chi connectivity index (χ3v) is 6.25. The topological polar surface area (TPSA) is 108 Å². The van der Waals surface area contributed by atoms with E-state index in [1.165, 1.54) is 12.1 Å². The Morgan fingerprint density at radius 2 is 1.73 bits per heavy atom. The molecule has 3 N–H and O–H groups in total. The van der Waals surface area contributed by atoms with E-state index < -0.39 is 29.7 Å². The molecule has 0 heterocycles. The van der Waals surface area contributed by atoms with Crippen molar-refractivity contribution in [3.05, 3.63) is 71.8 Å². The second-order valence-electron chi connectivity index (χ2n) is 11.1. The van der Waals surface area contributed by atoms with Crippen LogP contribution < -0.4 is 10.6 Å². The van der Waals surface area contributed by atoms with Gasteiger partial charge in [0.2, 0.25) is 11.8 Å². The molecule has 0 radical (unpaired) electrons. The Bertz CT molecular complexity index is 1140. The lowest BCUT2D eigenvalue weighted by Crippen LogP contribution is -2.54. The Labute approximate surface area is 238 Å². The van der Waals surface area contributed by atoms with Crippen LogP contribution >= 0.6 is 0 Å². The molecule has 0 fully saturated rings. The molecular weight excluding hydrogens is 506 g/mol. The molecule has 8 nitrogen and oxygen atoms in total. The van der Waals surface area contributed by atoms with E-state index in [1.54, 1.807) is 43.9 Å². The largest absolute Gasteiger partial charge is 0.508 e. The van der Waals surface area contributed by atoms with E-state index in [4.69, 9.17) is 4.74 Å². The third kappa shape index (κ3) is 10.1. The number of alkyl carbamates (subject to hydrolysis) is 1. The summed E-state index contributed by atoms with van der Waals surface area (Å²) >= 11 is 0. The summed E-state index contributed by atoms with van der Waals surface area (Å²) in [4.78, 5) is 42.5.